The van der Waals surface area contributed by atoms with Gasteiger partial charge in [-0.2, -0.15) is 0 Å². The zero-order valence-corrected chi connectivity index (χ0v) is 14.0. The number of hydrogen-bond acceptors (Lipinski definition) is 4. The van der Waals surface area contributed by atoms with Crippen LogP contribution in [0, 0.1) is 6.92 Å². The Morgan fingerprint density at radius 2 is 2.17 bits per heavy atom. The average molecular weight is 324 g/mol. The van der Waals surface area contributed by atoms with Crippen LogP contribution in [0.3, 0.4) is 0 Å². The largest absolute Gasteiger partial charge is 0.497 e. The zero-order valence-electron chi connectivity index (χ0n) is 14.0. The van der Waals surface area contributed by atoms with Gasteiger partial charge in [-0.05, 0) is 37.1 Å². The molecule has 0 radical (unpaired) electrons. The van der Waals surface area contributed by atoms with Crippen LogP contribution in [0.25, 0.3) is 11.0 Å². The lowest BCUT2D eigenvalue weighted by Crippen LogP contribution is -2.29. The number of pyridine rings is 1. The number of carbonyl (C=O) groups is 1. The number of methoxy groups -OCH3 is 1. The molecule has 0 aliphatic rings. The number of aromatic amines is 1. The van der Waals surface area contributed by atoms with Crippen molar-refractivity contribution in [3.8, 4) is 5.75 Å². The van der Waals surface area contributed by atoms with E-state index < -0.39 is 0 Å². The normalized spacial score (nSPS) is 12.1. The van der Waals surface area contributed by atoms with E-state index in [2.05, 4.69) is 20.3 Å². The summed E-state index contributed by atoms with van der Waals surface area (Å²) >= 11 is 0. The van der Waals surface area contributed by atoms with E-state index in [-0.39, 0.29) is 11.9 Å². The van der Waals surface area contributed by atoms with E-state index in [0.29, 0.717) is 17.9 Å². The number of ether oxygens (including phenoxy) is 1. The molecule has 0 bridgehead atoms. The fraction of sp³-hybridized carbons (Fsp3) is 0.278. The molecule has 1 atom stereocenters. The summed E-state index contributed by atoms with van der Waals surface area (Å²) in [6, 6.07) is 9.15. The summed E-state index contributed by atoms with van der Waals surface area (Å²) in [4.78, 5) is 24.4. The van der Waals surface area contributed by atoms with E-state index in [0.717, 1.165) is 22.4 Å². The van der Waals surface area contributed by atoms with E-state index in [1.54, 1.807) is 25.4 Å². The molecule has 3 rings (SSSR count). The number of rotatable bonds is 5. The average Bonchev–Trinajstić information content (AvgIpc) is 3.02. The summed E-state index contributed by atoms with van der Waals surface area (Å²) < 4.78 is 5.13. The van der Waals surface area contributed by atoms with Gasteiger partial charge in [-0.3, -0.25) is 9.78 Å². The van der Waals surface area contributed by atoms with Crippen LogP contribution in [0.2, 0.25) is 0 Å². The number of nitrogens with one attached hydrogen (secondary N) is 2. The van der Waals surface area contributed by atoms with E-state index in [9.17, 15) is 4.79 Å². The highest BCUT2D eigenvalue weighted by Gasteiger charge is 2.18. The Kier molecular flexibility index (Phi) is 4.46. The molecule has 0 aliphatic carbocycles. The van der Waals surface area contributed by atoms with Crippen molar-refractivity contribution in [2.24, 2.45) is 0 Å². The van der Waals surface area contributed by atoms with E-state index >= 15 is 0 Å². The van der Waals surface area contributed by atoms with Crippen molar-refractivity contribution in [1.82, 2.24) is 20.3 Å². The number of benzene rings is 1. The number of H-pyrrole nitrogens is 1. The molecule has 24 heavy (non-hydrogen) atoms. The van der Waals surface area contributed by atoms with E-state index in [1.165, 1.54) is 0 Å². The van der Waals surface area contributed by atoms with Crippen LogP contribution in [0.5, 0.6) is 5.75 Å². The van der Waals surface area contributed by atoms with Crippen LogP contribution >= 0.6 is 0 Å². The molecule has 1 amide bonds. The van der Waals surface area contributed by atoms with Crippen LogP contribution < -0.4 is 10.1 Å². The molecule has 3 aromatic rings. The third-order valence-corrected chi connectivity index (χ3v) is 3.90. The minimum absolute atomic E-state index is 0.210. The Hall–Kier alpha value is -2.89. The Bertz CT molecular complexity index is 872. The van der Waals surface area contributed by atoms with Gasteiger partial charge in [-0.25, -0.2) is 4.98 Å². The number of nitrogens with zero attached hydrogens (tertiary/aromatic N) is 2. The van der Waals surface area contributed by atoms with Gasteiger partial charge >= 0.3 is 0 Å². The molecular formula is C18H20N4O2. The first kappa shape index (κ1) is 16.0. The summed E-state index contributed by atoms with van der Waals surface area (Å²) in [7, 11) is 1.56. The summed E-state index contributed by atoms with van der Waals surface area (Å²) in [6.07, 6.45) is 2.27. The van der Waals surface area contributed by atoms with Gasteiger partial charge < -0.3 is 15.0 Å². The van der Waals surface area contributed by atoms with Crippen molar-refractivity contribution in [1.29, 1.82) is 0 Å². The Morgan fingerprint density at radius 3 is 2.92 bits per heavy atom. The van der Waals surface area contributed by atoms with Gasteiger partial charge in [-0.15, -0.1) is 0 Å². The summed E-state index contributed by atoms with van der Waals surface area (Å²) in [6.45, 7) is 4.04. The molecule has 1 unspecified atom stereocenters. The van der Waals surface area contributed by atoms with Gasteiger partial charge in [0.25, 0.3) is 5.91 Å². The molecule has 0 aliphatic heterocycles. The summed E-state index contributed by atoms with van der Waals surface area (Å²) in [5.41, 5.74) is 3.34. The Morgan fingerprint density at radius 1 is 1.33 bits per heavy atom. The maximum Gasteiger partial charge on any atom is 0.270 e. The number of hydrogen-bond donors (Lipinski definition) is 2. The Labute approximate surface area is 140 Å². The van der Waals surface area contributed by atoms with Crippen LogP contribution in [0.1, 0.15) is 41.3 Å². The lowest BCUT2D eigenvalue weighted by Gasteiger charge is -2.14. The molecule has 0 fully saturated rings. The third-order valence-electron chi connectivity index (χ3n) is 3.90. The molecular weight excluding hydrogens is 304 g/mol. The van der Waals surface area contributed by atoms with Gasteiger partial charge in [0, 0.05) is 12.3 Å². The number of carbonyl (C=O) groups excluding carboxylic acids is 1. The van der Waals surface area contributed by atoms with Crippen molar-refractivity contribution in [3.05, 3.63) is 53.6 Å². The number of aromatic nitrogens is 3. The van der Waals surface area contributed by atoms with Crippen LogP contribution in [0.15, 0.2) is 36.5 Å². The van der Waals surface area contributed by atoms with Gasteiger partial charge in [0.05, 0.1) is 24.2 Å². The molecule has 0 spiro atoms. The first-order valence-electron chi connectivity index (χ1n) is 7.88. The fourth-order valence-corrected chi connectivity index (χ4v) is 2.57. The second-order valence-corrected chi connectivity index (χ2v) is 5.66. The lowest BCUT2D eigenvalue weighted by atomic mass is 10.2. The van der Waals surface area contributed by atoms with Crippen LogP contribution in [-0.2, 0) is 0 Å². The van der Waals surface area contributed by atoms with Gasteiger partial charge in [-0.1, -0.05) is 13.0 Å². The number of aryl methyl sites for hydroxylation is 1. The third kappa shape index (κ3) is 3.22. The van der Waals surface area contributed by atoms with Crippen LogP contribution in [-0.4, -0.2) is 28.0 Å². The molecule has 0 saturated carbocycles. The summed E-state index contributed by atoms with van der Waals surface area (Å²) in [5, 5.41) is 2.98. The quantitative estimate of drug-likeness (QED) is 0.755. The van der Waals surface area contributed by atoms with Crippen molar-refractivity contribution in [2.45, 2.75) is 26.3 Å². The predicted molar refractivity (Wildman–Crippen MR) is 92.1 cm³/mol. The molecule has 1 aromatic carbocycles. The topological polar surface area (TPSA) is 79.9 Å². The fourth-order valence-electron chi connectivity index (χ4n) is 2.57. The number of fused-ring (bicyclic) bond motifs is 1. The highest BCUT2D eigenvalue weighted by Crippen LogP contribution is 2.20. The molecule has 2 N–H and O–H groups in total. The zero-order chi connectivity index (χ0) is 17.1. The monoisotopic (exact) mass is 324 g/mol. The standard InChI is InChI=1S/C18H20N4O2/c1-4-13(17-20-14-6-5-11(2)9-15(14)21-17)22-18(23)16-10-12(24-3)7-8-19-16/h5-10,13H,4H2,1-3H3,(H,20,21)(H,22,23). The van der Waals surface area contributed by atoms with Crippen molar-refractivity contribution >= 4 is 16.9 Å². The maximum absolute atomic E-state index is 12.5. The Balaban J connectivity index is 1.83. The minimum atomic E-state index is -0.252. The maximum atomic E-state index is 12.5. The summed E-state index contributed by atoms with van der Waals surface area (Å²) in [5.74, 6) is 1.09. The second kappa shape index (κ2) is 6.70. The number of amides is 1. The molecule has 6 nitrogen and oxygen atoms in total. The smallest absolute Gasteiger partial charge is 0.270 e. The molecule has 0 saturated heterocycles. The molecule has 124 valence electrons. The first-order valence-corrected chi connectivity index (χ1v) is 7.88. The van der Waals surface area contributed by atoms with Crippen molar-refractivity contribution < 1.29 is 9.53 Å². The first-order chi connectivity index (χ1) is 11.6. The minimum Gasteiger partial charge on any atom is -0.497 e. The van der Waals surface area contributed by atoms with Gasteiger partial charge in [0.15, 0.2) is 0 Å². The highest BCUT2D eigenvalue weighted by molar-refractivity contribution is 5.92. The van der Waals surface area contributed by atoms with Gasteiger partial charge in [0.1, 0.15) is 17.3 Å². The van der Waals surface area contributed by atoms with Crippen molar-refractivity contribution in [2.75, 3.05) is 7.11 Å². The molecule has 2 heterocycles. The van der Waals surface area contributed by atoms with E-state index in [1.807, 2.05) is 32.0 Å². The van der Waals surface area contributed by atoms with E-state index in [4.69, 9.17) is 4.74 Å². The predicted octanol–water partition coefficient (Wildman–Crippen LogP) is 3.16. The molecule has 6 heteroatoms. The van der Waals surface area contributed by atoms with Gasteiger partial charge in [0.2, 0.25) is 0 Å². The van der Waals surface area contributed by atoms with Crippen molar-refractivity contribution in [3.63, 3.8) is 0 Å². The SMILES string of the molecule is CCC(NC(=O)c1cc(OC)ccn1)c1nc2ccc(C)cc2[nH]1. The molecule has 2 aromatic heterocycles. The van der Waals surface area contributed by atoms with Crippen LogP contribution in [0.4, 0.5) is 0 Å². The highest BCUT2D eigenvalue weighted by atomic mass is 16.5. The number of imidazole rings is 1. The second-order valence-electron chi connectivity index (χ2n) is 5.66. The lowest BCUT2D eigenvalue weighted by molar-refractivity contribution is 0.0928.